The minimum atomic E-state index is 0.592. The molecular formula is C17H15N3O2. The molecule has 0 bridgehead atoms. The van der Waals surface area contributed by atoms with Crippen molar-refractivity contribution in [1.29, 1.82) is 0 Å². The van der Waals surface area contributed by atoms with E-state index >= 15 is 0 Å². The van der Waals surface area contributed by atoms with Gasteiger partial charge in [-0.1, -0.05) is 11.2 Å². The van der Waals surface area contributed by atoms with Crippen LogP contribution < -0.4 is 4.74 Å². The molecule has 0 saturated heterocycles. The van der Waals surface area contributed by atoms with Crippen LogP contribution in [0.1, 0.15) is 22.7 Å². The highest BCUT2D eigenvalue weighted by Crippen LogP contribution is 2.29. The number of fused-ring (bicyclic) bond motifs is 1. The summed E-state index contributed by atoms with van der Waals surface area (Å²) in [6.07, 6.45) is 3.36. The van der Waals surface area contributed by atoms with Crippen molar-refractivity contribution < 1.29 is 9.26 Å². The summed E-state index contributed by atoms with van der Waals surface area (Å²) in [5, 5.41) is 4.08. The van der Waals surface area contributed by atoms with Gasteiger partial charge in [0.1, 0.15) is 5.75 Å². The van der Waals surface area contributed by atoms with Crippen LogP contribution in [0.5, 0.6) is 5.75 Å². The summed E-state index contributed by atoms with van der Waals surface area (Å²) in [5.41, 5.74) is 4.21. The highest BCUT2D eigenvalue weighted by molar-refractivity contribution is 5.59. The van der Waals surface area contributed by atoms with Gasteiger partial charge in [-0.15, -0.1) is 0 Å². The van der Waals surface area contributed by atoms with E-state index in [4.69, 9.17) is 9.26 Å². The molecule has 3 aromatic rings. The summed E-state index contributed by atoms with van der Waals surface area (Å²) in [6.45, 7) is 2.71. The highest BCUT2D eigenvalue weighted by atomic mass is 16.5. The Morgan fingerprint density at radius 2 is 2.14 bits per heavy atom. The second-order valence-electron chi connectivity index (χ2n) is 5.42. The molecular weight excluding hydrogens is 278 g/mol. The summed E-state index contributed by atoms with van der Waals surface area (Å²) in [5.74, 6) is 2.17. The van der Waals surface area contributed by atoms with Gasteiger partial charge in [0, 0.05) is 23.9 Å². The van der Waals surface area contributed by atoms with Gasteiger partial charge in [0.25, 0.3) is 0 Å². The largest absolute Gasteiger partial charge is 0.493 e. The predicted octanol–water partition coefficient (Wildman–Crippen LogP) is 2.97. The molecule has 0 atom stereocenters. The van der Waals surface area contributed by atoms with Gasteiger partial charge in [0.2, 0.25) is 11.7 Å². The van der Waals surface area contributed by atoms with Crippen molar-refractivity contribution in [3.63, 3.8) is 0 Å². The molecule has 1 aromatic carbocycles. The topological polar surface area (TPSA) is 61.0 Å². The molecule has 0 unspecified atom stereocenters. The van der Waals surface area contributed by atoms with E-state index < -0.39 is 0 Å². The molecule has 1 aliphatic heterocycles. The van der Waals surface area contributed by atoms with Crippen LogP contribution >= 0.6 is 0 Å². The molecule has 22 heavy (non-hydrogen) atoms. The van der Waals surface area contributed by atoms with E-state index in [1.165, 1.54) is 5.56 Å². The van der Waals surface area contributed by atoms with Gasteiger partial charge in [-0.2, -0.15) is 4.98 Å². The van der Waals surface area contributed by atoms with Crippen molar-refractivity contribution in [1.82, 2.24) is 15.1 Å². The molecule has 5 nitrogen and oxygen atoms in total. The maximum Gasteiger partial charge on any atom is 0.231 e. The van der Waals surface area contributed by atoms with Gasteiger partial charge in [-0.05, 0) is 42.3 Å². The molecule has 0 radical (unpaired) electrons. The van der Waals surface area contributed by atoms with Crippen LogP contribution in [0.25, 0.3) is 11.4 Å². The molecule has 3 heterocycles. The Labute approximate surface area is 128 Å². The number of pyridine rings is 1. The normalized spacial score (nSPS) is 13.0. The Morgan fingerprint density at radius 1 is 1.18 bits per heavy atom. The van der Waals surface area contributed by atoms with Crippen molar-refractivity contribution >= 4 is 0 Å². The molecule has 1 aliphatic rings. The van der Waals surface area contributed by atoms with Crippen LogP contribution in [0.3, 0.4) is 0 Å². The molecule has 0 saturated carbocycles. The first-order valence-corrected chi connectivity index (χ1v) is 7.28. The number of aryl methyl sites for hydroxylation is 1. The SMILES string of the molecule is Cc1ccc(Cc2nc(-c3ccc4c(c3)CCO4)no2)cn1. The Hall–Kier alpha value is -2.69. The first-order valence-electron chi connectivity index (χ1n) is 7.28. The summed E-state index contributed by atoms with van der Waals surface area (Å²) in [6, 6.07) is 10.0. The molecule has 4 rings (SSSR count). The third kappa shape index (κ3) is 2.45. The van der Waals surface area contributed by atoms with Gasteiger partial charge < -0.3 is 9.26 Å². The van der Waals surface area contributed by atoms with Crippen LogP contribution in [-0.2, 0) is 12.8 Å². The van der Waals surface area contributed by atoms with Crippen molar-refractivity contribution in [2.75, 3.05) is 6.61 Å². The molecule has 110 valence electrons. The van der Waals surface area contributed by atoms with Crippen LogP contribution in [-0.4, -0.2) is 21.7 Å². The van der Waals surface area contributed by atoms with E-state index in [0.717, 1.165) is 35.6 Å². The fraction of sp³-hybridized carbons (Fsp3) is 0.235. The molecule has 0 N–H and O–H groups in total. The average Bonchev–Trinajstić information content (AvgIpc) is 3.17. The Morgan fingerprint density at radius 3 is 3.00 bits per heavy atom. The van der Waals surface area contributed by atoms with Crippen LogP contribution in [0.4, 0.5) is 0 Å². The first-order chi connectivity index (χ1) is 10.8. The number of ether oxygens (including phenoxy) is 1. The van der Waals surface area contributed by atoms with E-state index in [-0.39, 0.29) is 0 Å². The number of aromatic nitrogens is 3. The number of hydrogen-bond acceptors (Lipinski definition) is 5. The van der Waals surface area contributed by atoms with Gasteiger partial charge in [-0.25, -0.2) is 0 Å². The molecule has 0 aliphatic carbocycles. The second kappa shape index (κ2) is 5.26. The molecule has 0 fully saturated rings. The maximum absolute atomic E-state index is 5.51. The van der Waals surface area contributed by atoms with Crippen LogP contribution in [0.15, 0.2) is 41.1 Å². The minimum Gasteiger partial charge on any atom is -0.493 e. The molecule has 0 spiro atoms. The Bertz CT molecular complexity index is 809. The van der Waals surface area contributed by atoms with E-state index in [1.54, 1.807) is 0 Å². The first kappa shape index (κ1) is 13.0. The number of hydrogen-bond donors (Lipinski definition) is 0. The summed E-state index contributed by atoms with van der Waals surface area (Å²) in [4.78, 5) is 8.75. The van der Waals surface area contributed by atoms with E-state index in [2.05, 4.69) is 21.2 Å². The number of nitrogens with zero attached hydrogens (tertiary/aromatic N) is 3. The minimum absolute atomic E-state index is 0.592. The van der Waals surface area contributed by atoms with E-state index in [0.29, 0.717) is 18.1 Å². The third-order valence-electron chi connectivity index (χ3n) is 3.74. The lowest BCUT2D eigenvalue weighted by Gasteiger charge is -1.99. The number of rotatable bonds is 3. The van der Waals surface area contributed by atoms with Crippen molar-refractivity contribution in [3.8, 4) is 17.1 Å². The maximum atomic E-state index is 5.51. The lowest BCUT2D eigenvalue weighted by atomic mass is 10.1. The van der Waals surface area contributed by atoms with Crippen molar-refractivity contribution in [3.05, 3.63) is 59.2 Å². The average molecular weight is 293 g/mol. The van der Waals surface area contributed by atoms with Gasteiger partial charge in [0.05, 0.1) is 13.0 Å². The van der Waals surface area contributed by atoms with Crippen LogP contribution in [0, 0.1) is 6.92 Å². The predicted molar refractivity (Wildman–Crippen MR) is 80.7 cm³/mol. The lowest BCUT2D eigenvalue weighted by molar-refractivity contribution is 0.357. The fourth-order valence-corrected chi connectivity index (χ4v) is 2.55. The zero-order valence-electron chi connectivity index (χ0n) is 12.2. The lowest BCUT2D eigenvalue weighted by Crippen LogP contribution is -1.91. The monoisotopic (exact) mass is 293 g/mol. The molecule has 0 amide bonds. The smallest absolute Gasteiger partial charge is 0.231 e. The zero-order valence-corrected chi connectivity index (χ0v) is 12.2. The highest BCUT2D eigenvalue weighted by Gasteiger charge is 2.15. The van der Waals surface area contributed by atoms with Crippen molar-refractivity contribution in [2.45, 2.75) is 19.8 Å². The Balaban J connectivity index is 1.57. The molecule has 5 heteroatoms. The summed E-state index contributed by atoms with van der Waals surface area (Å²) < 4.78 is 10.9. The summed E-state index contributed by atoms with van der Waals surface area (Å²) in [7, 11) is 0. The standard InChI is InChI=1S/C17H15N3O2/c1-11-2-3-12(10-18-11)8-16-19-17(20-22-16)14-4-5-15-13(9-14)6-7-21-15/h2-5,9-10H,6-8H2,1H3. The zero-order chi connectivity index (χ0) is 14.9. The van der Waals surface area contributed by atoms with Gasteiger partial charge >= 0.3 is 0 Å². The fourth-order valence-electron chi connectivity index (χ4n) is 2.55. The Kier molecular flexibility index (Phi) is 3.11. The second-order valence-corrected chi connectivity index (χ2v) is 5.42. The van der Waals surface area contributed by atoms with E-state index in [9.17, 15) is 0 Å². The van der Waals surface area contributed by atoms with Gasteiger partial charge in [-0.3, -0.25) is 4.98 Å². The van der Waals surface area contributed by atoms with Crippen molar-refractivity contribution in [2.24, 2.45) is 0 Å². The van der Waals surface area contributed by atoms with Crippen LogP contribution in [0.2, 0.25) is 0 Å². The third-order valence-corrected chi connectivity index (χ3v) is 3.74. The van der Waals surface area contributed by atoms with Gasteiger partial charge in [0.15, 0.2) is 0 Å². The number of benzene rings is 1. The van der Waals surface area contributed by atoms with E-state index in [1.807, 2.05) is 37.4 Å². The summed E-state index contributed by atoms with van der Waals surface area (Å²) >= 11 is 0. The molecule has 2 aromatic heterocycles. The quantitative estimate of drug-likeness (QED) is 0.743.